The van der Waals surface area contributed by atoms with Crippen molar-refractivity contribution < 1.29 is 22.7 Å². The molecule has 0 radical (unpaired) electrons. The molecule has 0 saturated carbocycles. The minimum atomic E-state index is -3.74. The van der Waals surface area contributed by atoms with Gasteiger partial charge in [-0.25, -0.2) is 8.42 Å². The van der Waals surface area contributed by atoms with Crippen molar-refractivity contribution in [1.29, 1.82) is 0 Å². The molecule has 0 aliphatic rings. The number of hydrogen-bond acceptors (Lipinski definition) is 5. The van der Waals surface area contributed by atoms with Crippen molar-refractivity contribution in [3.05, 3.63) is 94.0 Å². The number of methoxy groups -OCH3 is 1. The number of benzene rings is 3. The summed E-state index contributed by atoms with van der Waals surface area (Å²) < 4.78 is 31.9. The predicted octanol–water partition coefficient (Wildman–Crippen LogP) is 6.10. The van der Waals surface area contributed by atoms with E-state index in [9.17, 15) is 18.0 Å². The van der Waals surface area contributed by atoms with Gasteiger partial charge in [0.25, 0.3) is 0 Å². The standard InChI is InChI=1S/C32H39Cl2N3O5S/c1-32(2,3)35-31(39)29(20-23-11-7-6-8-12-23)36(22-24-13-9-14-26(19-24)42-4)30(38)15-10-18-37(43(5,40)41)28-21-25(33)16-17-27(28)34/h6-9,11-14,16-17,19,21,29H,10,15,18,20,22H2,1-5H3,(H,35,39)/t29-/m1/s1. The van der Waals surface area contributed by atoms with E-state index in [4.69, 9.17) is 27.9 Å². The Morgan fingerprint density at radius 3 is 2.26 bits per heavy atom. The van der Waals surface area contributed by atoms with Gasteiger partial charge in [0, 0.05) is 36.5 Å². The third-order valence-electron chi connectivity index (χ3n) is 6.59. The lowest BCUT2D eigenvalue weighted by Gasteiger charge is -2.34. The van der Waals surface area contributed by atoms with Crippen molar-refractivity contribution in [3.8, 4) is 5.75 Å². The number of carbonyl (C=O) groups excluding carboxylic acids is 2. The van der Waals surface area contributed by atoms with Gasteiger partial charge in [0.2, 0.25) is 21.8 Å². The number of nitrogens with zero attached hydrogens (tertiary/aromatic N) is 2. The molecule has 3 rings (SSSR count). The minimum absolute atomic E-state index is 0.00479. The topological polar surface area (TPSA) is 96.0 Å². The highest BCUT2D eigenvalue weighted by atomic mass is 35.5. The molecule has 8 nitrogen and oxygen atoms in total. The molecule has 3 aromatic carbocycles. The van der Waals surface area contributed by atoms with Crippen molar-refractivity contribution >= 4 is 50.7 Å². The van der Waals surface area contributed by atoms with Crippen LogP contribution in [-0.2, 0) is 32.6 Å². The van der Waals surface area contributed by atoms with Gasteiger partial charge in [-0.3, -0.25) is 13.9 Å². The fraction of sp³-hybridized carbons (Fsp3) is 0.375. The molecule has 0 saturated heterocycles. The van der Waals surface area contributed by atoms with Crippen LogP contribution in [0.25, 0.3) is 0 Å². The van der Waals surface area contributed by atoms with E-state index < -0.39 is 21.6 Å². The second-order valence-electron chi connectivity index (χ2n) is 11.4. The van der Waals surface area contributed by atoms with Crippen LogP contribution in [0, 0.1) is 0 Å². The highest BCUT2D eigenvalue weighted by Gasteiger charge is 2.32. The third-order valence-corrected chi connectivity index (χ3v) is 8.32. The van der Waals surface area contributed by atoms with Crippen LogP contribution in [-0.4, -0.2) is 56.6 Å². The Hall–Kier alpha value is -3.27. The van der Waals surface area contributed by atoms with Gasteiger partial charge in [-0.1, -0.05) is 65.7 Å². The first-order chi connectivity index (χ1) is 20.2. The van der Waals surface area contributed by atoms with Gasteiger partial charge in [-0.15, -0.1) is 0 Å². The SMILES string of the molecule is COc1cccc(CN(C(=O)CCCN(c2cc(Cl)ccc2Cl)S(C)(=O)=O)[C@H](Cc2ccccc2)C(=O)NC(C)(C)C)c1. The highest BCUT2D eigenvalue weighted by molar-refractivity contribution is 7.92. The van der Waals surface area contributed by atoms with E-state index in [1.54, 1.807) is 18.1 Å². The van der Waals surface area contributed by atoms with Gasteiger partial charge in [0.05, 0.1) is 24.1 Å². The molecule has 1 N–H and O–H groups in total. The molecule has 0 bridgehead atoms. The normalized spacial score (nSPS) is 12.3. The zero-order valence-electron chi connectivity index (χ0n) is 25.1. The predicted molar refractivity (Wildman–Crippen MR) is 173 cm³/mol. The van der Waals surface area contributed by atoms with Crippen LogP contribution in [0.5, 0.6) is 5.75 Å². The molecule has 3 aromatic rings. The van der Waals surface area contributed by atoms with Gasteiger partial charge < -0.3 is 15.0 Å². The third kappa shape index (κ3) is 10.4. The molecule has 0 aliphatic carbocycles. The average molecular weight is 649 g/mol. The van der Waals surface area contributed by atoms with E-state index in [0.29, 0.717) is 17.2 Å². The summed E-state index contributed by atoms with van der Waals surface area (Å²) in [4.78, 5) is 29.3. The molecule has 43 heavy (non-hydrogen) atoms. The summed E-state index contributed by atoms with van der Waals surface area (Å²) in [5, 5.41) is 3.60. The molecular weight excluding hydrogens is 609 g/mol. The summed E-state index contributed by atoms with van der Waals surface area (Å²) in [6.45, 7) is 5.81. The van der Waals surface area contributed by atoms with Crippen molar-refractivity contribution in [2.24, 2.45) is 0 Å². The summed E-state index contributed by atoms with van der Waals surface area (Å²) in [6.07, 6.45) is 1.55. The van der Waals surface area contributed by atoms with Crippen molar-refractivity contribution in [1.82, 2.24) is 10.2 Å². The molecular formula is C32H39Cl2N3O5S. The number of ether oxygens (including phenoxy) is 1. The molecule has 1 atom stereocenters. The summed E-state index contributed by atoms with van der Waals surface area (Å²) in [7, 11) is -2.17. The quantitative estimate of drug-likeness (QED) is 0.242. The van der Waals surface area contributed by atoms with Crippen molar-refractivity contribution in [3.63, 3.8) is 0 Å². The Morgan fingerprint density at radius 1 is 0.953 bits per heavy atom. The van der Waals surface area contributed by atoms with Crippen LogP contribution < -0.4 is 14.4 Å². The summed E-state index contributed by atoms with van der Waals surface area (Å²) in [5.41, 5.74) is 1.41. The fourth-order valence-corrected chi connectivity index (χ4v) is 6.04. The molecule has 0 spiro atoms. The summed E-state index contributed by atoms with van der Waals surface area (Å²) in [6, 6.07) is 20.6. The lowest BCUT2D eigenvalue weighted by atomic mass is 10.00. The maximum atomic E-state index is 14.0. The Labute approximate surface area is 265 Å². The van der Waals surface area contributed by atoms with Crippen LogP contribution in [0.4, 0.5) is 5.69 Å². The number of nitrogens with one attached hydrogen (secondary N) is 1. The van der Waals surface area contributed by atoms with Crippen LogP contribution in [0.1, 0.15) is 44.7 Å². The van der Waals surface area contributed by atoms with E-state index in [-0.39, 0.29) is 48.5 Å². The van der Waals surface area contributed by atoms with Gasteiger partial charge >= 0.3 is 0 Å². The van der Waals surface area contributed by atoms with Gasteiger partial charge in [-0.2, -0.15) is 0 Å². The van der Waals surface area contributed by atoms with Gasteiger partial charge in [0.1, 0.15) is 11.8 Å². The highest BCUT2D eigenvalue weighted by Crippen LogP contribution is 2.31. The van der Waals surface area contributed by atoms with E-state index in [2.05, 4.69) is 5.32 Å². The maximum absolute atomic E-state index is 14.0. The first-order valence-electron chi connectivity index (χ1n) is 13.9. The molecule has 11 heteroatoms. The number of amides is 2. The molecule has 0 aromatic heterocycles. The second kappa shape index (κ2) is 14.9. The molecule has 232 valence electrons. The number of anilines is 1. The number of sulfonamides is 1. The molecule has 0 aliphatic heterocycles. The molecule has 2 amide bonds. The lowest BCUT2D eigenvalue weighted by Crippen LogP contribution is -2.54. The van der Waals surface area contributed by atoms with Crippen molar-refractivity contribution in [2.75, 3.05) is 24.2 Å². The van der Waals surface area contributed by atoms with Gasteiger partial charge in [-0.05, 0) is 68.7 Å². The second-order valence-corrected chi connectivity index (χ2v) is 14.1. The summed E-state index contributed by atoms with van der Waals surface area (Å²) >= 11 is 12.4. The van der Waals surface area contributed by atoms with E-state index in [0.717, 1.165) is 21.7 Å². The van der Waals surface area contributed by atoms with Crippen LogP contribution in [0.3, 0.4) is 0 Å². The van der Waals surface area contributed by atoms with E-state index >= 15 is 0 Å². The van der Waals surface area contributed by atoms with E-state index in [1.165, 1.54) is 12.1 Å². The fourth-order valence-electron chi connectivity index (χ4n) is 4.63. The van der Waals surface area contributed by atoms with E-state index in [1.807, 2.05) is 75.4 Å². The number of rotatable bonds is 13. The monoisotopic (exact) mass is 647 g/mol. The first-order valence-corrected chi connectivity index (χ1v) is 16.5. The van der Waals surface area contributed by atoms with Crippen LogP contribution >= 0.6 is 23.2 Å². The van der Waals surface area contributed by atoms with Crippen LogP contribution in [0.2, 0.25) is 10.0 Å². The Morgan fingerprint density at radius 2 is 1.63 bits per heavy atom. The molecule has 0 fully saturated rings. The molecule has 0 unspecified atom stereocenters. The first kappa shape index (κ1) is 34.2. The zero-order chi connectivity index (χ0) is 31.8. The Balaban J connectivity index is 1.94. The van der Waals surface area contributed by atoms with Gasteiger partial charge in [0.15, 0.2) is 0 Å². The van der Waals surface area contributed by atoms with Crippen LogP contribution in [0.15, 0.2) is 72.8 Å². The number of hydrogen-bond donors (Lipinski definition) is 1. The number of carbonyl (C=O) groups is 2. The Bertz CT molecular complexity index is 1510. The smallest absolute Gasteiger partial charge is 0.243 e. The Kier molecular flexibility index (Phi) is 11.9. The molecule has 0 heterocycles. The van der Waals surface area contributed by atoms with Crippen molar-refractivity contribution in [2.45, 2.75) is 58.2 Å². The number of halogens is 2. The summed E-state index contributed by atoms with van der Waals surface area (Å²) in [5.74, 6) is 0.0559. The lowest BCUT2D eigenvalue weighted by molar-refractivity contribution is -0.142. The average Bonchev–Trinajstić information content (AvgIpc) is 2.93. The zero-order valence-corrected chi connectivity index (χ0v) is 27.5. The maximum Gasteiger partial charge on any atom is 0.243 e. The largest absolute Gasteiger partial charge is 0.497 e. The minimum Gasteiger partial charge on any atom is -0.497 e.